The summed E-state index contributed by atoms with van der Waals surface area (Å²) in [5.41, 5.74) is 3.50. The van der Waals surface area contributed by atoms with E-state index < -0.39 is 0 Å². The van der Waals surface area contributed by atoms with Gasteiger partial charge in [-0.25, -0.2) is 0 Å². The number of anilines is 1. The summed E-state index contributed by atoms with van der Waals surface area (Å²) in [6, 6.07) is 14.8. The quantitative estimate of drug-likeness (QED) is 0.813. The molecule has 0 amide bonds. The highest BCUT2D eigenvalue weighted by Crippen LogP contribution is 2.38. The molecule has 2 aliphatic rings. The molecule has 0 aliphatic carbocycles. The number of benzene rings is 2. The highest BCUT2D eigenvalue weighted by atomic mass is 32.1. The van der Waals surface area contributed by atoms with E-state index in [0.717, 1.165) is 41.7 Å². The SMILES string of the molecule is Cc1ccc(NC(=S)N2CCC[C@@H]2c2ccc3c(c2)OCCO3)cc1. The van der Waals surface area contributed by atoms with Crippen LogP contribution >= 0.6 is 12.2 Å². The monoisotopic (exact) mass is 354 g/mol. The molecule has 4 rings (SSSR count). The highest BCUT2D eigenvalue weighted by molar-refractivity contribution is 7.80. The van der Waals surface area contributed by atoms with Crippen molar-refractivity contribution in [3.63, 3.8) is 0 Å². The number of nitrogens with one attached hydrogen (secondary N) is 1. The van der Waals surface area contributed by atoms with Gasteiger partial charge in [0.25, 0.3) is 0 Å². The van der Waals surface area contributed by atoms with Crippen molar-refractivity contribution in [1.82, 2.24) is 4.90 Å². The van der Waals surface area contributed by atoms with Gasteiger partial charge < -0.3 is 19.7 Å². The van der Waals surface area contributed by atoms with Crippen LogP contribution in [0.15, 0.2) is 42.5 Å². The van der Waals surface area contributed by atoms with Gasteiger partial charge in [0.15, 0.2) is 16.6 Å². The van der Waals surface area contributed by atoms with Gasteiger partial charge in [0.1, 0.15) is 13.2 Å². The summed E-state index contributed by atoms with van der Waals surface area (Å²) in [5.74, 6) is 1.67. The van der Waals surface area contributed by atoms with Crippen molar-refractivity contribution in [3.05, 3.63) is 53.6 Å². The van der Waals surface area contributed by atoms with Crippen molar-refractivity contribution in [2.75, 3.05) is 25.1 Å². The second-order valence-corrected chi connectivity index (χ2v) is 6.94. The molecule has 1 atom stereocenters. The topological polar surface area (TPSA) is 33.7 Å². The smallest absolute Gasteiger partial charge is 0.173 e. The number of fused-ring (bicyclic) bond motifs is 1. The number of hydrogen-bond acceptors (Lipinski definition) is 3. The third-order valence-corrected chi connectivity index (χ3v) is 5.10. The number of ether oxygens (including phenoxy) is 2. The van der Waals surface area contributed by atoms with E-state index in [2.05, 4.69) is 53.5 Å². The van der Waals surface area contributed by atoms with Crippen LogP contribution in [0.3, 0.4) is 0 Å². The molecule has 2 aromatic rings. The molecule has 1 saturated heterocycles. The molecule has 130 valence electrons. The third-order valence-electron chi connectivity index (χ3n) is 4.77. The van der Waals surface area contributed by atoms with Gasteiger partial charge in [-0.15, -0.1) is 0 Å². The molecule has 0 unspecified atom stereocenters. The van der Waals surface area contributed by atoms with Gasteiger partial charge in [-0.3, -0.25) is 0 Å². The van der Waals surface area contributed by atoms with Gasteiger partial charge in [0.05, 0.1) is 6.04 Å². The minimum absolute atomic E-state index is 0.279. The Hall–Kier alpha value is -2.27. The van der Waals surface area contributed by atoms with Crippen LogP contribution in [0.25, 0.3) is 0 Å². The van der Waals surface area contributed by atoms with E-state index in [9.17, 15) is 0 Å². The summed E-state index contributed by atoms with van der Waals surface area (Å²) >= 11 is 5.69. The molecule has 1 fully saturated rings. The maximum absolute atomic E-state index is 5.73. The van der Waals surface area contributed by atoms with Gasteiger partial charge >= 0.3 is 0 Å². The molecule has 0 radical (unpaired) electrons. The Bertz CT molecular complexity index is 776. The molecule has 5 heteroatoms. The maximum atomic E-state index is 5.73. The fourth-order valence-electron chi connectivity index (χ4n) is 3.46. The van der Waals surface area contributed by atoms with E-state index in [1.165, 1.54) is 11.1 Å². The van der Waals surface area contributed by atoms with Crippen molar-refractivity contribution >= 4 is 23.0 Å². The molecule has 4 nitrogen and oxygen atoms in total. The van der Waals surface area contributed by atoms with Gasteiger partial charge in [0, 0.05) is 12.2 Å². The average molecular weight is 354 g/mol. The summed E-state index contributed by atoms with van der Waals surface area (Å²) in [7, 11) is 0. The van der Waals surface area contributed by atoms with Crippen LogP contribution in [0, 0.1) is 6.92 Å². The zero-order valence-electron chi connectivity index (χ0n) is 14.3. The van der Waals surface area contributed by atoms with Crippen molar-refractivity contribution in [1.29, 1.82) is 0 Å². The first-order chi connectivity index (χ1) is 12.2. The number of rotatable bonds is 2. The van der Waals surface area contributed by atoms with Gasteiger partial charge in [-0.1, -0.05) is 23.8 Å². The van der Waals surface area contributed by atoms with Crippen molar-refractivity contribution in [2.24, 2.45) is 0 Å². The fraction of sp³-hybridized carbons (Fsp3) is 0.350. The summed E-state index contributed by atoms with van der Waals surface area (Å²) in [6.45, 7) is 4.28. The predicted octanol–water partition coefficient (Wildman–Crippen LogP) is 4.30. The number of thiocarbonyl (C=S) groups is 1. The second kappa shape index (κ2) is 6.92. The Kier molecular flexibility index (Phi) is 4.49. The van der Waals surface area contributed by atoms with Crippen LogP contribution in [-0.4, -0.2) is 29.8 Å². The molecule has 1 N–H and O–H groups in total. The first kappa shape index (κ1) is 16.2. The van der Waals surface area contributed by atoms with E-state index in [1.807, 2.05) is 6.07 Å². The van der Waals surface area contributed by atoms with Gasteiger partial charge in [-0.05, 0) is 61.8 Å². The molecule has 0 bridgehead atoms. The zero-order chi connectivity index (χ0) is 17.2. The minimum atomic E-state index is 0.279. The van der Waals surface area contributed by atoms with Crippen LogP contribution < -0.4 is 14.8 Å². The van der Waals surface area contributed by atoms with E-state index >= 15 is 0 Å². The Morgan fingerprint density at radius 3 is 2.64 bits per heavy atom. The third kappa shape index (κ3) is 3.42. The minimum Gasteiger partial charge on any atom is -0.486 e. The number of aryl methyl sites for hydroxylation is 1. The first-order valence-corrected chi connectivity index (χ1v) is 9.15. The summed E-state index contributed by atoms with van der Waals surface area (Å²) in [4.78, 5) is 2.28. The van der Waals surface area contributed by atoms with Crippen LogP contribution in [-0.2, 0) is 0 Å². The molecule has 2 heterocycles. The van der Waals surface area contributed by atoms with E-state index in [1.54, 1.807) is 0 Å². The zero-order valence-corrected chi connectivity index (χ0v) is 15.1. The van der Waals surface area contributed by atoms with Crippen molar-refractivity contribution in [2.45, 2.75) is 25.8 Å². The fourth-order valence-corrected chi connectivity index (χ4v) is 3.79. The van der Waals surface area contributed by atoms with E-state index in [0.29, 0.717) is 13.2 Å². The Morgan fingerprint density at radius 2 is 1.84 bits per heavy atom. The highest BCUT2D eigenvalue weighted by Gasteiger charge is 2.29. The molecular formula is C20H22N2O2S. The second-order valence-electron chi connectivity index (χ2n) is 6.55. The Balaban J connectivity index is 1.51. The molecule has 0 aromatic heterocycles. The van der Waals surface area contributed by atoms with E-state index in [4.69, 9.17) is 21.7 Å². The maximum Gasteiger partial charge on any atom is 0.173 e. The first-order valence-electron chi connectivity index (χ1n) is 8.74. The Labute approximate surface area is 153 Å². The molecule has 2 aromatic carbocycles. The van der Waals surface area contributed by atoms with Crippen LogP contribution in [0.1, 0.15) is 30.0 Å². The largest absolute Gasteiger partial charge is 0.486 e. The molecule has 0 spiro atoms. The lowest BCUT2D eigenvalue weighted by Gasteiger charge is -2.29. The van der Waals surface area contributed by atoms with Crippen molar-refractivity contribution in [3.8, 4) is 11.5 Å². The lowest BCUT2D eigenvalue weighted by Crippen LogP contribution is -2.34. The van der Waals surface area contributed by atoms with Crippen molar-refractivity contribution < 1.29 is 9.47 Å². The summed E-state index contributed by atoms with van der Waals surface area (Å²) in [6.07, 6.45) is 2.23. The molecule has 2 aliphatic heterocycles. The standard InChI is InChI=1S/C20H22N2O2S/c1-14-4-7-16(8-5-14)21-20(25)22-10-2-3-17(22)15-6-9-18-19(13-15)24-12-11-23-18/h4-9,13,17H,2-3,10-12H2,1H3,(H,21,25)/t17-/m1/s1. The lowest BCUT2D eigenvalue weighted by molar-refractivity contribution is 0.171. The number of nitrogens with zero attached hydrogens (tertiary/aromatic N) is 1. The van der Waals surface area contributed by atoms with Crippen LogP contribution in [0.4, 0.5) is 5.69 Å². The normalized spacial score (nSPS) is 18.9. The lowest BCUT2D eigenvalue weighted by atomic mass is 10.0. The van der Waals surface area contributed by atoms with Gasteiger partial charge in [-0.2, -0.15) is 0 Å². The van der Waals surface area contributed by atoms with E-state index in [-0.39, 0.29) is 6.04 Å². The number of hydrogen-bond donors (Lipinski definition) is 1. The van der Waals surface area contributed by atoms with Crippen LogP contribution in [0.2, 0.25) is 0 Å². The van der Waals surface area contributed by atoms with Crippen LogP contribution in [0.5, 0.6) is 11.5 Å². The summed E-state index contributed by atoms with van der Waals surface area (Å²) in [5, 5.41) is 4.15. The summed E-state index contributed by atoms with van der Waals surface area (Å²) < 4.78 is 11.4. The molecular weight excluding hydrogens is 332 g/mol. The van der Waals surface area contributed by atoms with Gasteiger partial charge in [0.2, 0.25) is 0 Å². The molecule has 25 heavy (non-hydrogen) atoms. The molecule has 0 saturated carbocycles. The number of likely N-dealkylation sites (tertiary alicyclic amines) is 1. The predicted molar refractivity (Wildman–Crippen MR) is 104 cm³/mol. The Morgan fingerprint density at radius 1 is 1.08 bits per heavy atom. The average Bonchev–Trinajstić information content (AvgIpc) is 3.13.